The average Bonchev–Trinajstić information content (AvgIpc) is 3.51. The fraction of sp³-hybridized carbons (Fsp3) is 0.200. The number of thioether (sulfide) groups is 1. The number of hydrogen-bond acceptors (Lipinski definition) is 6. The molecule has 3 heterocycles. The Bertz CT molecular complexity index is 1310. The van der Waals surface area contributed by atoms with Gasteiger partial charge in [-0.05, 0) is 36.1 Å². The maximum atomic E-state index is 14.0. The molecule has 3 aromatic rings. The molecule has 1 atom stereocenters. The van der Waals surface area contributed by atoms with Crippen LogP contribution in [0.5, 0.6) is 17.2 Å². The molecule has 33 heavy (non-hydrogen) atoms. The zero-order valence-electron chi connectivity index (χ0n) is 17.8. The van der Waals surface area contributed by atoms with Gasteiger partial charge in [0.05, 0.1) is 5.69 Å². The minimum Gasteiger partial charge on any atom is -0.491 e. The van der Waals surface area contributed by atoms with E-state index in [0.29, 0.717) is 22.9 Å². The van der Waals surface area contributed by atoms with Gasteiger partial charge in [-0.15, -0.1) is 11.8 Å². The Kier molecular flexibility index (Phi) is 4.51. The Morgan fingerprint density at radius 3 is 2.61 bits per heavy atom. The van der Waals surface area contributed by atoms with Crippen LogP contribution >= 0.6 is 11.8 Å². The number of carbonyl (C=O) groups excluding carboxylic acids is 2. The van der Waals surface area contributed by atoms with E-state index in [0.717, 1.165) is 21.7 Å². The van der Waals surface area contributed by atoms with Crippen molar-refractivity contribution < 1.29 is 23.8 Å². The summed E-state index contributed by atoms with van der Waals surface area (Å²) in [5.41, 5.74) is 1.98. The Morgan fingerprint density at radius 2 is 1.76 bits per heavy atom. The number of carbonyl (C=O) groups is 2. The summed E-state index contributed by atoms with van der Waals surface area (Å²) in [7, 11) is 0. The maximum Gasteiger partial charge on any atom is 0.246 e. The van der Waals surface area contributed by atoms with Crippen molar-refractivity contribution in [1.82, 2.24) is 0 Å². The fourth-order valence-corrected chi connectivity index (χ4v) is 5.36. The van der Waals surface area contributed by atoms with Gasteiger partial charge in [0.15, 0.2) is 11.5 Å². The summed E-state index contributed by atoms with van der Waals surface area (Å²) in [6.07, 6.45) is 1.96. The van der Waals surface area contributed by atoms with Crippen molar-refractivity contribution >= 4 is 35.0 Å². The van der Waals surface area contributed by atoms with Crippen molar-refractivity contribution in [2.24, 2.45) is 0 Å². The van der Waals surface area contributed by atoms with Gasteiger partial charge in [-0.25, -0.2) is 0 Å². The van der Waals surface area contributed by atoms with Crippen LogP contribution in [-0.2, 0) is 15.0 Å². The van der Waals surface area contributed by atoms with E-state index in [2.05, 4.69) is 5.32 Å². The first kappa shape index (κ1) is 20.0. The molecule has 2 amide bonds. The van der Waals surface area contributed by atoms with Gasteiger partial charge in [0.25, 0.3) is 0 Å². The molecule has 166 valence electrons. The molecule has 6 rings (SSSR count). The highest BCUT2D eigenvalue weighted by molar-refractivity contribution is 7.98. The summed E-state index contributed by atoms with van der Waals surface area (Å²) in [6, 6.07) is 18.8. The van der Waals surface area contributed by atoms with Gasteiger partial charge >= 0.3 is 0 Å². The van der Waals surface area contributed by atoms with E-state index in [-0.39, 0.29) is 31.8 Å². The molecule has 8 heteroatoms. The highest BCUT2D eigenvalue weighted by atomic mass is 32.2. The van der Waals surface area contributed by atoms with Crippen molar-refractivity contribution in [3.05, 3.63) is 71.8 Å². The van der Waals surface area contributed by atoms with Gasteiger partial charge in [0, 0.05) is 22.2 Å². The van der Waals surface area contributed by atoms with Crippen LogP contribution in [0.4, 0.5) is 11.4 Å². The zero-order valence-corrected chi connectivity index (χ0v) is 18.6. The largest absolute Gasteiger partial charge is 0.491 e. The van der Waals surface area contributed by atoms with Gasteiger partial charge in [0.1, 0.15) is 24.3 Å². The number of amides is 2. The molecule has 0 saturated carbocycles. The predicted molar refractivity (Wildman–Crippen MR) is 124 cm³/mol. The molecule has 1 N–H and O–H groups in total. The van der Waals surface area contributed by atoms with Crippen LogP contribution < -0.4 is 24.4 Å². The number of hydrogen-bond donors (Lipinski definition) is 1. The Morgan fingerprint density at radius 1 is 1.00 bits per heavy atom. The van der Waals surface area contributed by atoms with Crippen LogP contribution in [0.1, 0.15) is 11.1 Å². The summed E-state index contributed by atoms with van der Waals surface area (Å²) in [5.74, 6) is 1.35. The van der Waals surface area contributed by atoms with E-state index in [1.807, 2.05) is 60.9 Å². The summed E-state index contributed by atoms with van der Waals surface area (Å²) < 4.78 is 17.0. The molecule has 3 aliphatic heterocycles. The van der Waals surface area contributed by atoms with Crippen LogP contribution in [0.3, 0.4) is 0 Å². The molecule has 1 unspecified atom stereocenters. The fourth-order valence-electron chi connectivity index (χ4n) is 4.80. The Hall–Kier alpha value is -3.65. The molecule has 3 aromatic carbocycles. The van der Waals surface area contributed by atoms with Gasteiger partial charge < -0.3 is 24.4 Å². The zero-order chi connectivity index (χ0) is 22.6. The first-order valence-corrected chi connectivity index (χ1v) is 11.8. The summed E-state index contributed by atoms with van der Waals surface area (Å²) in [6.45, 7) is 0.203. The van der Waals surface area contributed by atoms with Crippen molar-refractivity contribution in [3.8, 4) is 17.2 Å². The van der Waals surface area contributed by atoms with E-state index in [4.69, 9.17) is 14.2 Å². The van der Waals surface area contributed by atoms with Gasteiger partial charge in [0.2, 0.25) is 18.6 Å². The topological polar surface area (TPSA) is 77.1 Å². The highest BCUT2D eigenvalue weighted by Crippen LogP contribution is 2.54. The molecule has 0 aromatic heterocycles. The second-order valence-electron chi connectivity index (χ2n) is 8.05. The molecule has 7 nitrogen and oxygen atoms in total. The van der Waals surface area contributed by atoms with Crippen molar-refractivity contribution in [3.63, 3.8) is 0 Å². The first-order valence-electron chi connectivity index (χ1n) is 10.5. The molecule has 3 aliphatic rings. The predicted octanol–water partition coefficient (Wildman–Crippen LogP) is 3.80. The smallest absolute Gasteiger partial charge is 0.246 e. The summed E-state index contributed by atoms with van der Waals surface area (Å²) >= 11 is 1.55. The van der Waals surface area contributed by atoms with E-state index < -0.39 is 5.41 Å². The molecule has 1 spiro atoms. The highest BCUT2D eigenvalue weighted by Gasteiger charge is 2.57. The van der Waals surface area contributed by atoms with Gasteiger partial charge in [-0.1, -0.05) is 30.3 Å². The van der Waals surface area contributed by atoms with E-state index in [9.17, 15) is 9.59 Å². The van der Waals surface area contributed by atoms with Crippen molar-refractivity contribution in [2.75, 3.05) is 36.4 Å². The number of nitrogens with one attached hydrogen (secondary N) is 1. The normalized spacial score (nSPS) is 19.4. The Labute approximate surface area is 194 Å². The van der Waals surface area contributed by atoms with Crippen LogP contribution in [0.25, 0.3) is 0 Å². The molecular formula is C25H20N2O5S. The van der Waals surface area contributed by atoms with Crippen LogP contribution in [0.2, 0.25) is 0 Å². The van der Waals surface area contributed by atoms with E-state index in [1.165, 1.54) is 0 Å². The van der Waals surface area contributed by atoms with Crippen molar-refractivity contribution in [1.29, 1.82) is 0 Å². The maximum absolute atomic E-state index is 14.0. The van der Waals surface area contributed by atoms with Crippen LogP contribution in [-0.4, -0.2) is 38.0 Å². The summed E-state index contributed by atoms with van der Waals surface area (Å²) in [5, 5.41) is 2.95. The molecule has 0 aliphatic carbocycles. The van der Waals surface area contributed by atoms with Crippen LogP contribution in [0, 0.1) is 0 Å². The minimum absolute atomic E-state index is 0.0970. The number of anilines is 2. The summed E-state index contributed by atoms with van der Waals surface area (Å²) in [4.78, 5) is 29.5. The number of benzene rings is 3. The quantitative estimate of drug-likeness (QED) is 0.597. The second kappa shape index (κ2) is 7.45. The van der Waals surface area contributed by atoms with Gasteiger partial charge in [-0.2, -0.15) is 0 Å². The third-order valence-corrected chi connectivity index (χ3v) is 7.12. The monoisotopic (exact) mass is 460 g/mol. The van der Waals surface area contributed by atoms with Crippen LogP contribution in [0.15, 0.2) is 65.6 Å². The standard InChI is InChI=1S/C25H20N2O5S/c1-33-22-9-5-3-7-17(22)26-23(28)12-27-18-8-4-2-6-15(18)25(24(27)29)13-30-19-11-21-20(10-16(19)25)31-14-32-21/h2-11H,12-14H2,1H3,(H,26,28). The molecule has 0 radical (unpaired) electrons. The van der Waals surface area contributed by atoms with E-state index >= 15 is 0 Å². The lowest BCUT2D eigenvalue weighted by Crippen LogP contribution is -2.45. The lowest BCUT2D eigenvalue weighted by molar-refractivity contribution is -0.124. The average molecular weight is 461 g/mol. The molecule has 0 fully saturated rings. The molecule has 0 bridgehead atoms. The second-order valence-corrected chi connectivity index (χ2v) is 8.90. The lowest BCUT2D eigenvalue weighted by Gasteiger charge is -2.23. The molecular weight excluding hydrogens is 440 g/mol. The first-order chi connectivity index (χ1) is 16.1. The van der Waals surface area contributed by atoms with E-state index in [1.54, 1.807) is 22.7 Å². The number of nitrogens with zero attached hydrogens (tertiary/aromatic N) is 1. The lowest BCUT2D eigenvalue weighted by atomic mass is 9.77. The third-order valence-electron chi connectivity index (χ3n) is 6.33. The Balaban J connectivity index is 1.36. The molecule has 0 saturated heterocycles. The number of fused-ring (bicyclic) bond motifs is 5. The van der Waals surface area contributed by atoms with Gasteiger partial charge in [-0.3, -0.25) is 9.59 Å². The number of rotatable bonds is 4. The third kappa shape index (κ3) is 2.90. The van der Waals surface area contributed by atoms with Crippen molar-refractivity contribution in [2.45, 2.75) is 10.3 Å². The minimum atomic E-state index is -1.02. The number of ether oxygens (including phenoxy) is 3. The number of para-hydroxylation sites is 2. The SMILES string of the molecule is CSc1ccccc1NC(=O)CN1C(=O)C2(COc3cc4c(cc32)OCO4)c2ccccc21.